The van der Waals surface area contributed by atoms with E-state index >= 15 is 0 Å². The number of hydrogen-bond donors (Lipinski definition) is 1. The normalized spacial score (nSPS) is 18.6. The first-order valence-electron chi connectivity index (χ1n) is 7.86. The smallest absolute Gasteiger partial charge is 0.240 e. The van der Waals surface area contributed by atoms with E-state index in [9.17, 15) is 14.4 Å². The average molecular weight is 318 g/mol. The lowest BCUT2D eigenvalue weighted by molar-refractivity contribution is -0.127. The lowest BCUT2D eigenvalue weighted by Gasteiger charge is -2.22. The van der Waals surface area contributed by atoms with Crippen molar-refractivity contribution in [2.24, 2.45) is 5.41 Å². The Morgan fingerprint density at radius 1 is 1.39 bits per heavy atom. The van der Waals surface area contributed by atoms with Crippen LogP contribution in [0.2, 0.25) is 0 Å². The number of rotatable bonds is 4. The molecule has 0 bridgehead atoms. The molecule has 1 saturated carbocycles. The lowest BCUT2D eigenvalue weighted by Crippen LogP contribution is -2.39. The molecule has 0 unspecified atom stereocenters. The Labute approximate surface area is 134 Å². The van der Waals surface area contributed by atoms with Crippen LogP contribution in [0.5, 0.6) is 5.75 Å². The Kier molecular flexibility index (Phi) is 4.49. The van der Waals surface area contributed by atoms with Crippen LogP contribution >= 0.6 is 0 Å². The number of nitrogens with zero attached hydrogens (tertiary/aromatic N) is 1. The third-order valence-electron chi connectivity index (χ3n) is 4.54. The third-order valence-corrected chi connectivity index (χ3v) is 4.54. The van der Waals surface area contributed by atoms with E-state index < -0.39 is 5.41 Å². The molecule has 0 atom stereocenters. The molecule has 2 aliphatic rings. The van der Waals surface area contributed by atoms with E-state index in [1.807, 2.05) is 0 Å². The Bertz CT molecular complexity index is 648. The van der Waals surface area contributed by atoms with Gasteiger partial charge in [0, 0.05) is 12.1 Å². The van der Waals surface area contributed by atoms with Crippen molar-refractivity contribution in [1.29, 1.82) is 5.26 Å². The number of halogens is 1. The molecule has 0 spiro atoms. The van der Waals surface area contributed by atoms with Crippen LogP contribution in [-0.2, 0) is 22.6 Å². The molecular formula is C17H19FN2O3. The first-order valence-corrected chi connectivity index (χ1v) is 7.86. The maximum absolute atomic E-state index is 13.7. The number of carbonyl (C=O) groups is 1. The molecule has 5 nitrogen and oxygen atoms in total. The number of fused-ring (bicyclic) bond motifs is 1. The maximum Gasteiger partial charge on any atom is 0.240 e. The topological polar surface area (TPSA) is 71.4 Å². The van der Waals surface area contributed by atoms with E-state index in [1.165, 1.54) is 12.1 Å². The highest BCUT2D eigenvalue weighted by atomic mass is 19.1. The van der Waals surface area contributed by atoms with Crippen molar-refractivity contribution in [3.8, 4) is 11.8 Å². The van der Waals surface area contributed by atoms with E-state index in [0.29, 0.717) is 49.3 Å². The fourth-order valence-corrected chi connectivity index (χ4v) is 3.29. The summed E-state index contributed by atoms with van der Waals surface area (Å²) in [6, 6.07) is 5.00. The molecule has 23 heavy (non-hydrogen) atoms. The van der Waals surface area contributed by atoms with Gasteiger partial charge in [0.15, 0.2) is 6.79 Å². The molecule has 1 aromatic rings. The first kappa shape index (κ1) is 15.8. The maximum atomic E-state index is 13.7. The van der Waals surface area contributed by atoms with Crippen molar-refractivity contribution in [2.75, 3.05) is 13.3 Å². The molecule has 122 valence electrons. The van der Waals surface area contributed by atoms with Gasteiger partial charge in [-0.2, -0.15) is 5.26 Å². The molecule has 6 heteroatoms. The summed E-state index contributed by atoms with van der Waals surface area (Å²) in [5.41, 5.74) is 0.508. The predicted octanol–water partition coefficient (Wildman–Crippen LogP) is 2.43. The molecule has 0 aromatic heterocycles. The minimum atomic E-state index is -0.883. The summed E-state index contributed by atoms with van der Waals surface area (Å²) in [6.45, 7) is 0.821. The summed E-state index contributed by atoms with van der Waals surface area (Å²) in [5, 5.41) is 12.1. The van der Waals surface area contributed by atoms with Gasteiger partial charge in [-0.25, -0.2) is 4.39 Å². The zero-order valence-electron chi connectivity index (χ0n) is 12.9. The van der Waals surface area contributed by atoms with Crippen LogP contribution in [0.3, 0.4) is 0 Å². The monoisotopic (exact) mass is 318 g/mol. The van der Waals surface area contributed by atoms with Crippen LogP contribution < -0.4 is 10.1 Å². The predicted molar refractivity (Wildman–Crippen MR) is 79.9 cm³/mol. The van der Waals surface area contributed by atoms with Crippen LogP contribution in [0, 0.1) is 22.6 Å². The quantitative estimate of drug-likeness (QED) is 0.925. The number of hydrogen-bond acceptors (Lipinski definition) is 4. The molecular weight excluding hydrogens is 299 g/mol. The highest BCUT2D eigenvalue weighted by Crippen LogP contribution is 2.37. The van der Waals surface area contributed by atoms with Gasteiger partial charge in [0.1, 0.15) is 17.0 Å². The summed E-state index contributed by atoms with van der Waals surface area (Å²) in [6.07, 6.45) is 3.50. The Morgan fingerprint density at radius 3 is 2.91 bits per heavy atom. The number of nitriles is 1. The summed E-state index contributed by atoms with van der Waals surface area (Å²) in [7, 11) is 0. The minimum Gasteiger partial charge on any atom is -0.467 e. The summed E-state index contributed by atoms with van der Waals surface area (Å²) < 4.78 is 24.3. The van der Waals surface area contributed by atoms with Crippen LogP contribution in [0.15, 0.2) is 12.1 Å². The van der Waals surface area contributed by atoms with Crippen molar-refractivity contribution in [3.63, 3.8) is 0 Å². The highest BCUT2D eigenvalue weighted by Gasteiger charge is 2.41. The molecule has 1 amide bonds. The average Bonchev–Trinajstić information content (AvgIpc) is 3.05. The minimum absolute atomic E-state index is 0.148. The molecule has 1 N–H and O–H groups in total. The molecule has 1 fully saturated rings. The zero-order chi connectivity index (χ0) is 16.3. The Balaban J connectivity index is 1.64. The van der Waals surface area contributed by atoms with Crippen molar-refractivity contribution in [2.45, 2.75) is 38.7 Å². The SMILES string of the molecule is N#CC1(C(=O)NCCc2cc(F)cc3c2OCOC3)CCCC1. The number of carbonyl (C=O) groups excluding carboxylic acids is 1. The number of nitrogens with one attached hydrogen (secondary N) is 1. The number of amides is 1. The lowest BCUT2D eigenvalue weighted by atomic mass is 9.87. The molecule has 3 rings (SSSR count). The van der Waals surface area contributed by atoms with Crippen LogP contribution in [0.25, 0.3) is 0 Å². The molecule has 1 aliphatic heterocycles. The largest absolute Gasteiger partial charge is 0.467 e. The number of benzene rings is 1. The fraction of sp³-hybridized carbons (Fsp3) is 0.529. The fourth-order valence-electron chi connectivity index (χ4n) is 3.29. The van der Waals surface area contributed by atoms with Gasteiger partial charge in [-0.3, -0.25) is 4.79 Å². The zero-order valence-corrected chi connectivity index (χ0v) is 12.9. The van der Waals surface area contributed by atoms with E-state index in [1.54, 1.807) is 0 Å². The van der Waals surface area contributed by atoms with Crippen molar-refractivity contribution < 1.29 is 18.7 Å². The molecule has 1 aromatic carbocycles. The van der Waals surface area contributed by atoms with Gasteiger partial charge in [-0.15, -0.1) is 0 Å². The second kappa shape index (κ2) is 6.55. The second-order valence-electron chi connectivity index (χ2n) is 6.07. The standard InChI is InChI=1S/C17H19FN2O3/c18-14-7-12(15-13(8-14)9-22-11-23-15)3-6-20-16(21)17(10-19)4-1-2-5-17/h7-8H,1-6,9,11H2,(H,20,21). The molecule has 1 aliphatic carbocycles. The van der Waals surface area contributed by atoms with Gasteiger partial charge >= 0.3 is 0 Å². The molecule has 1 heterocycles. The van der Waals surface area contributed by atoms with E-state index in [2.05, 4.69) is 11.4 Å². The van der Waals surface area contributed by atoms with Crippen molar-refractivity contribution in [3.05, 3.63) is 29.1 Å². The van der Waals surface area contributed by atoms with E-state index in [-0.39, 0.29) is 18.5 Å². The number of ether oxygens (including phenoxy) is 2. The summed E-state index contributed by atoms with van der Waals surface area (Å²) in [4.78, 5) is 12.3. The summed E-state index contributed by atoms with van der Waals surface area (Å²) >= 11 is 0. The van der Waals surface area contributed by atoms with Gasteiger partial charge < -0.3 is 14.8 Å². The molecule has 0 radical (unpaired) electrons. The third kappa shape index (κ3) is 3.15. The Hall–Kier alpha value is -2.13. The Morgan fingerprint density at radius 2 is 2.17 bits per heavy atom. The first-order chi connectivity index (χ1) is 11.1. The van der Waals surface area contributed by atoms with Crippen molar-refractivity contribution >= 4 is 5.91 Å². The van der Waals surface area contributed by atoms with Gasteiger partial charge in [0.2, 0.25) is 5.91 Å². The van der Waals surface area contributed by atoms with Gasteiger partial charge in [-0.1, -0.05) is 12.8 Å². The van der Waals surface area contributed by atoms with Gasteiger partial charge in [0.25, 0.3) is 0 Å². The summed E-state index contributed by atoms with van der Waals surface area (Å²) in [5.74, 6) is 0.0817. The van der Waals surface area contributed by atoms with Crippen LogP contribution in [0.4, 0.5) is 4.39 Å². The van der Waals surface area contributed by atoms with Gasteiger partial charge in [0.05, 0.1) is 12.7 Å². The van der Waals surface area contributed by atoms with Crippen LogP contribution in [-0.4, -0.2) is 19.2 Å². The van der Waals surface area contributed by atoms with E-state index in [4.69, 9.17) is 9.47 Å². The second-order valence-corrected chi connectivity index (χ2v) is 6.07. The molecule has 0 saturated heterocycles. The highest BCUT2D eigenvalue weighted by molar-refractivity contribution is 5.85. The van der Waals surface area contributed by atoms with Gasteiger partial charge in [-0.05, 0) is 37.0 Å². The van der Waals surface area contributed by atoms with Crippen LogP contribution in [0.1, 0.15) is 36.8 Å². The van der Waals surface area contributed by atoms with E-state index in [0.717, 1.165) is 12.8 Å². The van der Waals surface area contributed by atoms with Crippen molar-refractivity contribution in [1.82, 2.24) is 5.32 Å².